The van der Waals surface area contributed by atoms with Gasteiger partial charge in [-0.25, -0.2) is 0 Å². The molecule has 0 spiro atoms. The van der Waals surface area contributed by atoms with Gasteiger partial charge in [-0.05, 0) is 11.8 Å². The molecule has 0 aromatic rings. The third kappa shape index (κ3) is 9.24. The van der Waals surface area contributed by atoms with Crippen LogP contribution in [0.25, 0.3) is 0 Å². The van der Waals surface area contributed by atoms with Crippen molar-refractivity contribution in [2.45, 2.75) is 91.9 Å². The van der Waals surface area contributed by atoms with Crippen LogP contribution in [0.2, 0.25) is 0 Å². The minimum absolute atomic E-state index is 0.948. The van der Waals surface area contributed by atoms with Gasteiger partial charge >= 0.3 is 0 Å². The predicted molar refractivity (Wildman–Crippen MR) is 75.8 cm³/mol. The molecular weight excluding hydrogens is 192 g/mol. The normalized spacial score (nSPS) is 15.0. The van der Waals surface area contributed by atoms with Crippen molar-refractivity contribution in [2.24, 2.45) is 11.8 Å². The summed E-state index contributed by atoms with van der Waals surface area (Å²) < 4.78 is 0. The molecule has 2 atom stereocenters. The highest BCUT2D eigenvalue weighted by atomic mass is 14.1. The molecule has 0 N–H and O–H groups in total. The third-order valence-electron chi connectivity index (χ3n) is 4.03. The van der Waals surface area contributed by atoms with Gasteiger partial charge in [-0.1, -0.05) is 91.9 Å². The van der Waals surface area contributed by atoms with Crippen molar-refractivity contribution in [2.75, 3.05) is 0 Å². The molecule has 0 heterocycles. The van der Waals surface area contributed by atoms with E-state index in [2.05, 4.69) is 27.7 Å². The Hall–Kier alpha value is 0. The minimum atomic E-state index is 0.948. The zero-order valence-corrected chi connectivity index (χ0v) is 12.2. The van der Waals surface area contributed by atoms with E-state index in [9.17, 15) is 0 Å². The Kier molecular flexibility index (Phi) is 11.5. The van der Waals surface area contributed by atoms with Gasteiger partial charge in [0.2, 0.25) is 0 Å². The summed E-state index contributed by atoms with van der Waals surface area (Å²) in [7, 11) is 0. The Labute approximate surface area is 104 Å². The monoisotopic (exact) mass is 226 g/mol. The summed E-state index contributed by atoms with van der Waals surface area (Å²) >= 11 is 0. The number of hydrogen-bond acceptors (Lipinski definition) is 0. The van der Waals surface area contributed by atoms with Crippen molar-refractivity contribution >= 4 is 0 Å². The zero-order valence-electron chi connectivity index (χ0n) is 12.2. The van der Waals surface area contributed by atoms with Crippen LogP contribution in [0.3, 0.4) is 0 Å². The second kappa shape index (κ2) is 11.5. The van der Waals surface area contributed by atoms with E-state index in [1.165, 1.54) is 64.2 Å². The first kappa shape index (κ1) is 16.0. The Balaban J connectivity index is 3.25. The summed E-state index contributed by atoms with van der Waals surface area (Å²) in [6.45, 7) is 9.35. The van der Waals surface area contributed by atoms with Crippen LogP contribution >= 0.6 is 0 Å². The lowest BCUT2D eigenvalue weighted by molar-refractivity contribution is 0.403. The number of unbranched alkanes of at least 4 members (excludes halogenated alkanes) is 3. The second-order valence-corrected chi connectivity index (χ2v) is 5.57. The number of hydrogen-bond donors (Lipinski definition) is 0. The maximum absolute atomic E-state index is 2.38. The largest absolute Gasteiger partial charge is 0.0654 e. The standard InChI is InChI=1S/C16H34/c1-5-12-16(7-3)14-11-9-8-10-13-15(4)6-2/h15-16H,5-14H2,1-4H3. The first-order chi connectivity index (χ1) is 7.74. The molecule has 0 aromatic heterocycles. The molecule has 0 saturated carbocycles. The van der Waals surface area contributed by atoms with E-state index in [-0.39, 0.29) is 0 Å². The minimum Gasteiger partial charge on any atom is -0.0654 e. The van der Waals surface area contributed by atoms with Crippen molar-refractivity contribution in [3.05, 3.63) is 0 Å². The SMILES string of the molecule is CCCC(CC)CCCCCCC(C)CC. The molecule has 16 heavy (non-hydrogen) atoms. The molecule has 0 radical (unpaired) electrons. The summed E-state index contributed by atoms with van der Waals surface area (Å²) in [5.74, 6) is 1.96. The molecule has 0 heteroatoms. The topological polar surface area (TPSA) is 0 Å². The molecule has 0 aliphatic rings. The molecule has 0 rings (SSSR count). The van der Waals surface area contributed by atoms with Crippen LogP contribution < -0.4 is 0 Å². The zero-order chi connectivity index (χ0) is 12.2. The van der Waals surface area contributed by atoms with Crippen LogP contribution in [0.4, 0.5) is 0 Å². The van der Waals surface area contributed by atoms with Crippen LogP contribution in [-0.2, 0) is 0 Å². The summed E-state index contributed by atoms with van der Waals surface area (Å²) in [4.78, 5) is 0. The van der Waals surface area contributed by atoms with Crippen LogP contribution in [0.1, 0.15) is 91.9 Å². The summed E-state index contributed by atoms with van der Waals surface area (Å²) in [5.41, 5.74) is 0. The smallest absolute Gasteiger partial charge is 0.0417 e. The van der Waals surface area contributed by atoms with Crippen LogP contribution in [-0.4, -0.2) is 0 Å². The van der Waals surface area contributed by atoms with Crippen molar-refractivity contribution in [1.29, 1.82) is 0 Å². The Morgan fingerprint density at radius 2 is 1.31 bits per heavy atom. The average molecular weight is 226 g/mol. The molecule has 0 fully saturated rings. The maximum Gasteiger partial charge on any atom is -0.0417 e. The van der Waals surface area contributed by atoms with E-state index >= 15 is 0 Å². The Morgan fingerprint density at radius 3 is 1.81 bits per heavy atom. The molecule has 0 saturated heterocycles. The highest BCUT2D eigenvalue weighted by Gasteiger charge is 2.04. The van der Waals surface area contributed by atoms with Crippen molar-refractivity contribution in [1.82, 2.24) is 0 Å². The number of rotatable bonds is 11. The molecule has 0 aliphatic heterocycles. The fourth-order valence-electron chi connectivity index (χ4n) is 2.44. The average Bonchev–Trinajstić information content (AvgIpc) is 2.31. The summed E-state index contributed by atoms with van der Waals surface area (Å²) in [6, 6.07) is 0. The van der Waals surface area contributed by atoms with Gasteiger partial charge in [0.15, 0.2) is 0 Å². The summed E-state index contributed by atoms with van der Waals surface area (Å²) in [6.07, 6.45) is 14.4. The molecule has 0 amide bonds. The lowest BCUT2D eigenvalue weighted by atomic mass is 9.93. The molecular formula is C16H34. The predicted octanol–water partition coefficient (Wildman–Crippen LogP) is 6.20. The second-order valence-electron chi connectivity index (χ2n) is 5.57. The molecule has 2 unspecified atom stereocenters. The lowest BCUT2D eigenvalue weighted by Crippen LogP contribution is -1.98. The molecule has 98 valence electrons. The van der Waals surface area contributed by atoms with Crippen molar-refractivity contribution < 1.29 is 0 Å². The van der Waals surface area contributed by atoms with Crippen LogP contribution in [0.5, 0.6) is 0 Å². The quantitative estimate of drug-likeness (QED) is 0.368. The molecule has 0 nitrogen and oxygen atoms in total. The van der Waals surface area contributed by atoms with Crippen LogP contribution in [0, 0.1) is 11.8 Å². The van der Waals surface area contributed by atoms with Gasteiger partial charge in [-0.2, -0.15) is 0 Å². The van der Waals surface area contributed by atoms with Crippen molar-refractivity contribution in [3.63, 3.8) is 0 Å². The van der Waals surface area contributed by atoms with Gasteiger partial charge in [0.25, 0.3) is 0 Å². The maximum atomic E-state index is 2.38. The summed E-state index contributed by atoms with van der Waals surface area (Å²) in [5, 5.41) is 0. The molecule has 0 aliphatic carbocycles. The van der Waals surface area contributed by atoms with E-state index in [1.54, 1.807) is 0 Å². The van der Waals surface area contributed by atoms with Gasteiger partial charge in [-0.3, -0.25) is 0 Å². The van der Waals surface area contributed by atoms with E-state index in [4.69, 9.17) is 0 Å². The Bertz CT molecular complexity index is 128. The first-order valence-corrected chi connectivity index (χ1v) is 7.74. The van der Waals surface area contributed by atoms with Gasteiger partial charge < -0.3 is 0 Å². The van der Waals surface area contributed by atoms with E-state index in [0.717, 1.165) is 11.8 Å². The van der Waals surface area contributed by atoms with Gasteiger partial charge in [0.1, 0.15) is 0 Å². The van der Waals surface area contributed by atoms with Crippen LogP contribution in [0.15, 0.2) is 0 Å². The highest BCUT2D eigenvalue weighted by molar-refractivity contribution is 4.57. The molecule has 0 bridgehead atoms. The van der Waals surface area contributed by atoms with E-state index < -0.39 is 0 Å². The lowest BCUT2D eigenvalue weighted by Gasteiger charge is -2.13. The van der Waals surface area contributed by atoms with Gasteiger partial charge in [-0.15, -0.1) is 0 Å². The highest BCUT2D eigenvalue weighted by Crippen LogP contribution is 2.20. The fourth-order valence-corrected chi connectivity index (χ4v) is 2.44. The van der Waals surface area contributed by atoms with Gasteiger partial charge in [0.05, 0.1) is 0 Å². The first-order valence-electron chi connectivity index (χ1n) is 7.74. The van der Waals surface area contributed by atoms with Crippen molar-refractivity contribution in [3.8, 4) is 0 Å². The van der Waals surface area contributed by atoms with E-state index in [0.29, 0.717) is 0 Å². The van der Waals surface area contributed by atoms with Gasteiger partial charge in [0, 0.05) is 0 Å². The fraction of sp³-hybridized carbons (Fsp3) is 1.00. The molecule has 0 aromatic carbocycles. The Morgan fingerprint density at radius 1 is 0.688 bits per heavy atom. The van der Waals surface area contributed by atoms with E-state index in [1.807, 2.05) is 0 Å². The third-order valence-corrected chi connectivity index (χ3v) is 4.03.